The van der Waals surface area contributed by atoms with Crippen molar-refractivity contribution in [1.82, 2.24) is 25.5 Å². The summed E-state index contributed by atoms with van der Waals surface area (Å²) in [6, 6.07) is 13.9. The van der Waals surface area contributed by atoms with Crippen LogP contribution in [0.25, 0.3) is 5.69 Å². The highest BCUT2D eigenvalue weighted by Crippen LogP contribution is 2.33. The number of nitrogens with zero attached hydrogens (tertiary/aromatic N) is 4. The van der Waals surface area contributed by atoms with Crippen molar-refractivity contribution in [2.75, 3.05) is 26.0 Å². The van der Waals surface area contributed by atoms with E-state index in [1.54, 1.807) is 23.6 Å². The third-order valence-corrected chi connectivity index (χ3v) is 5.72. The molecular weight excluding hydrogens is 454 g/mol. The summed E-state index contributed by atoms with van der Waals surface area (Å²) >= 11 is 5.24. The van der Waals surface area contributed by atoms with Gasteiger partial charge in [-0.2, -0.15) is 4.68 Å². The van der Waals surface area contributed by atoms with E-state index in [1.807, 2.05) is 42.5 Å². The molecule has 0 unspecified atom stereocenters. The molecule has 1 heterocycles. The molecule has 0 atom stereocenters. The predicted molar refractivity (Wildman–Crippen MR) is 118 cm³/mol. The summed E-state index contributed by atoms with van der Waals surface area (Å²) in [6.45, 7) is 4.28. The molecule has 2 aromatic carbocycles. The van der Waals surface area contributed by atoms with E-state index in [0.717, 1.165) is 57.6 Å². The highest BCUT2D eigenvalue weighted by Gasteiger charge is 2.11. The van der Waals surface area contributed by atoms with E-state index in [-0.39, 0.29) is 0 Å². The number of methoxy groups -OCH3 is 1. The molecular formula is C20H24BrN5O2S. The topological polar surface area (TPSA) is 74.1 Å². The van der Waals surface area contributed by atoms with Crippen LogP contribution in [0.15, 0.2) is 52.1 Å². The molecule has 0 bridgehead atoms. The monoisotopic (exact) mass is 477 g/mol. The van der Waals surface area contributed by atoms with Gasteiger partial charge >= 0.3 is 0 Å². The van der Waals surface area contributed by atoms with Gasteiger partial charge in [0.1, 0.15) is 0 Å². The molecule has 154 valence electrons. The van der Waals surface area contributed by atoms with Crippen LogP contribution in [0.2, 0.25) is 0 Å². The van der Waals surface area contributed by atoms with Gasteiger partial charge in [0.2, 0.25) is 5.16 Å². The molecule has 29 heavy (non-hydrogen) atoms. The quantitative estimate of drug-likeness (QED) is 0.329. The number of rotatable bonds is 11. The fraction of sp³-hybridized carbons (Fsp3) is 0.350. The minimum absolute atomic E-state index is 0.667. The van der Waals surface area contributed by atoms with Gasteiger partial charge in [-0.3, -0.25) is 0 Å². The van der Waals surface area contributed by atoms with E-state index in [9.17, 15) is 0 Å². The van der Waals surface area contributed by atoms with Crippen molar-refractivity contribution in [3.8, 4) is 17.2 Å². The summed E-state index contributed by atoms with van der Waals surface area (Å²) < 4.78 is 14.0. The van der Waals surface area contributed by atoms with Crippen molar-refractivity contribution in [1.29, 1.82) is 0 Å². The van der Waals surface area contributed by atoms with Crippen LogP contribution in [-0.2, 0) is 6.54 Å². The Balaban J connectivity index is 1.51. The zero-order valence-electron chi connectivity index (χ0n) is 16.5. The van der Waals surface area contributed by atoms with Crippen molar-refractivity contribution in [2.45, 2.75) is 25.0 Å². The second-order valence-corrected chi connectivity index (χ2v) is 8.09. The van der Waals surface area contributed by atoms with Crippen LogP contribution in [0.3, 0.4) is 0 Å². The normalized spacial score (nSPS) is 10.9. The fourth-order valence-corrected chi connectivity index (χ4v) is 3.88. The van der Waals surface area contributed by atoms with E-state index in [0.29, 0.717) is 6.61 Å². The zero-order valence-corrected chi connectivity index (χ0v) is 18.9. The lowest BCUT2D eigenvalue weighted by molar-refractivity contribution is 0.294. The molecule has 0 spiro atoms. The number of aromatic nitrogens is 4. The molecule has 0 aliphatic carbocycles. The Morgan fingerprint density at radius 3 is 2.76 bits per heavy atom. The first-order valence-electron chi connectivity index (χ1n) is 9.39. The Bertz CT molecular complexity index is 907. The van der Waals surface area contributed by atoms with E-state index in [1.165, 1.54) is 0 Å². The van der Waals surface area contributed by atoms with Crippen LogP contribution in [0.1, 0.15) is 18.9 Å². The summed E-state index contributed by atoms with van der Waals surface area (Å²) in [4.78, 5) is 0. The number of halogens is 1. The van der Waals surface area contributed by atoms with Gasteiger partial charge < -0.3 is 14.8 Å². The third-order valence-electron chi connectivity index (χ3n) is 4.06. The third kappa shape index (κ3) is 5.94. The number of benzene rings is 2. The van der Waals surface area contributed by atoms with Crippen molar-refractivity contribution in [2.24, 2.45) is 0 Å². The largest absolute Gasteiger partial charge is 0.493 e. The maximum atomic E-state index is 5.75. The van der Waals surface area contributed by atoms with Crippen LogP contribution < -0.4 is 14.8 Å². The van der Waals surface area contributed by atoms with Gasteiger partial charge in [0, 0.05) is 23.3 Å². The first-order chi connectivity index (χ1) is 14.2. The van der Waals surface area contributed by atoms with Gasteiger partial charge in [-0.05, 0) is 46.7 Å². The Hall–Kier alpha value is -2.10. The molecule has 0 aliphatic heterocycles. The highest BCUT2D eigenvalue weighted by molar-refractivity contribution is 9.10. The molecule has 0 saturated carbocycles. The fourth-order valence-electron chi connectivity index (χ4n) is 2.63. The van der Waals surface area contributed by atoms with Gasteiger partial charge in [-0.25, -0.2) is 0 Å². The van der Waals surface area contributed by atoms with Crippen molar-refractivity contribution >= 4 is 27.7 Å². The van der Waals surface area contributed by atoms with E-state index in [4.69, 9.17) is 9.47 Å². The number of nitrogens with one attached hydrogen (secondary N) is 1. The van der Waals surface area contributed by atoms with Crippen molar-refractivity contribution in [3.63, 3.8) is 0 Å². The number of hydrogen-bond acceptors (Lipinski definition) is 7. The molecule has 9 heteroatoms. The molecule has 7 nitrogen and oxygen atoms in total. The molecule has 3 aromatic rings. The van der Waals surface area contributed by atoms with Gasteiger partial charge in [0.05, 0.1) is 19.4 Å². The maximum Gasteiger partial charge on any atom is 0.214 e. The molecule has 3 rings (SSSR count). The highest BCUT2D eigenvalue weighted by atomic mass is 79.9. The Morgan fingerprint density at radius 1 is 1.17 bits per heavy atom. The van der Waals surface area contributed by atoms with E-state index < -0.39 is 0 Å². The lowest BCUT2D eigenvalue weighted by Gasteiger charge is -2.14. The number of para-hydroxylation sites is 1. The van der Waals surface area contributed by atoms with Crippen LogP contribution in [0.5, 0.6) is 11.5 Å². The lowest BCUT2D eigenvalue weighted by Crippen LogP contribution is -2.17. The van der Waals surface area contributed by atoms with Crippen LogP contribution >= 0.6 is 27.7 Å². The maximum absolute atomic E-state index is 5.75. The minimum Gasteiger partial charge on any atom is -0.493 e. The number of tetrazole rings is 1. The number of ether oxygens (including phenoxy) is 2. The van der Waals surface area contributed by atoms with Crippen molar-refractivity contribution in [3.05, 3.63) is 52.5 Å². The summed E-state index contributed by atoms with van der Waals surface area (Å²) in [5.74, 6) is 2.35. The molecule has 0 radical (unpaired) electrons. The Labute approximate surface area is 183 Å². The Kier molecular flexibility index (Phi) is 8.33. The standard InChI is InChI=1S/C20H24BrN5O2S/c1-3-10-28-19-13-17(21)15(12-18(19)27-2)14-22-9-11-29-20-23-24-25-26(20)16-7-5-4-6-8-16/h4-8,12-13,22H,3,9-11,14H2,1-2H3. The second-order valence-electron chi connectivity index (χ2n) is 6.18. The zero-order chi connectivity index (χ0) is 20.5. The van der Waals surface area contributed by atoms with Crippen LogP contribution in [0.4, 0.5) is 0 Å². The summed E-state index contributed by atoms with van der Waals surface area (Å²) in [6.07, 6.45) is 0.954. The summed E-state index contributed by atoms with van der Waals surface area (Å²) in [7, 11) is 1.66. The van der Waals surface area contributed by atoms with Gasteiger partial charge in [-0.1, -0.05) is 52.8 Å². The van der Waals surface area contributed by atoms with Gasteiger partial charge in [-0.15, -0.1) is 5.10 Å². The predicted octanol–water partition coefficient (Wildman–Crippen LogP) is 4.10. The average Bonchev–Trinajstić information content (AvgIpc) is 3.22. The number of thioether (sulfide) groups is 1. The molecule has 0 amide bonds. The van der Waals surface area contributed by atoms with E-state index >= 15 is 0 Å². The second kappa shape index (κ2) is 11.2. The first-order valence-corrected chi connectivity index (χ1v) is 11.2. The lowest BCUT2D eigenvalue weighted by atomic mass is 10.2. The SMILES string of the molecule is CCCOc1cc(Br)c(CNCCSc2nnnn2-c2ccccc2)cc1OC. The molecule has 1 N–H and O–H groups in total. The Morgan fingerprint density at radius 2 is 2.00 bits per heavy atom. The van der Waals surface area contributed by atoms with Crippen LogP contribution in [0, 0.1) is 0 Å². The summed E-state index contributed by atoms with van der Waals surface area (Å²) in [5, 5.41) is 16.2. The smallest absolute Gasteiger partial charge is 0.214 e. The van der Waals surface area contributed by atoms with Crippen molar-refractivity contribution < 1.29 is 9.47 Å². The van der Waals surface area contributed by atoms with Gasteiger partial charge in [0.25, 0.3) is 0 Å². The minimum atomic E-state index is 0.667. The average molecular weight is 478 g/mol. The number of hydrogen-bond donors (Lipinski definition) is 1. The molecule has 0 saturated heterocycles. The van der Waals surface area contributed by atoms with E-state index in [2.05, 4.69) is 43.7 Å². The molecule has 1 aromatic heterocycles. The molecule has 0 fully saturated rings. The van der Waals surface area contributed by atoms with Gasteiger partial charge in [0.15, 0.2) is 11.5 Å². The first kappa shape index (κ1) is 21.6. The molecule has 0 aliphatic rings. The van der Waals surface area contributed by atoms with Crippen LogP contribution in [-0.4, -0.2) is 46.2 Å². The summed E-state index contributed by atoms with van der Waals surface area (Å²) in [5.41, 5.74) is 2.07.